The molecule has 1 saturated heterocycles. The molecule has 2 unspecified atom stereocenters. The van der Waals surface area contributed by atoms with Gasteiger partial charge in [0.05, 0.1) is 17.6 Å². The molecule has 1 aliphatic rings. The number of nitrogens with one attached hydrogen (secondary N) is 1. The lowest BCUT2D eigenvalue weighted by Gasteiger charge is -2.25. The molecule has 30 heavy (non-hydrogen) atoms. The molecule has 0 aromatic heterocycles. The molecular weight excluding hydrogens is 423 g/mol. The van der Waals surface area contributed by atoms with Gasteiger partial charge in [0.25, 0.3) is 5.91 Å². The molecule has 1 heterocycles. The van der Waals surface area contributed by atoms with Crippen LogP contribution >= 0.6 is 24.0 Å². The highest BCUT2D eigenvalue weighted by molar-refractivity contribution is 8.26. The molecule has 1 aliphatic heterocycles. The maximum absolute atomic E-state index is 13.4. The highest BCUT2D eigenvalue weighted by Gasteiger charge is 2.38. The first-order valence-corrected chi connectivity index (χ1v) is 10.6. The monoisotopic (exact) mass is 444 g/mol. The van der Waals surface area contributed by atoms with Gasteiger partial charge in [0, 0.05) is 0 Å². The molecule has 1 fully saturated rings. The van der Waals surface area contributed by atoms with E-state index >= 15 is 0 Å². The van der Waals surface area contributed by atoms with Crippen LogP contribution in [0.25, 0.3) is 6.08 Å². The zero-order valence-corrected chi connectivity index (χ0v) is 17.9. The quantitative estimate of drug-likeness (QED) is 0.507. The topological polar surface area (TPSA) is 69.6 Å². The van der Waals surface area contributed by atoms with E-state index < -0.39 is 29.7 Å². The van der Waals surface area contributed by atoms with Crippen molar-refractivity contribution in [2.75, 3.05) is 6.61 Å². The first kappa shape index (κ1) is 22.1. The molecule has 5 nitrogen and oxygen atoms in total. The number of rotatable bonds is 7. The van der Waals surface area contributed by atoms with Crippen LogP contribution in [0.5, 0.6) is 0 Å². The largest absolute Gasteiger partial charge is 0.394 e. The highest BCUT2D eigenvalue weighted by Crippen LogP contribution is 2.34. The van der Waals surface area contributed by atoms with E-state index in [1.165, 1.54) is 17.0 Å². The van der Waals surface area contributed by atoms with Crippen LogP contribution in [0.4, 0.5) is 4.39 Å². The Morgan fingerprint density at radius 3 is 2.67 bits per heavy atom. The number of hydrogen-bond acceptors (Lipinski definition) is 5. The van der Waals surface area contributed by atoms with Crippen molar-refractivity contribution in [3.05, 3.63) is 76.4 Å². The number of aliphatic hydroxyl groups is 1. The number of thioether (sulfide) groups is 1. The van der Waals surface area contributed by atoms with Crippen LogP contribution in [0.3, 0.4) is 0 Å². The Morgan fingerprint density at radius 1 is 1.27 bits per heavy atom. The Bertz CT molecular complexity index is 981. The van der Waals surface area contributed by atoms with Crippen LogP contribution in [0.2, 0.25) is 0 Å². The molecule has 0 spiro atoms. The van der Waals surface area contributed by atoms with E-state index in [-0.39, 0.29) is 10.9 Å². The number of benzene rings is 2. The summed E-state index contributed by atoms with van der Waals surface area (Å²) >= 11 is 6.38. The van der Waals surface area contributed by atoms with E-state index in [1.54, 1.807) is 25.1 Å². The highest BCUT2D eigenvalue weighted by atomic mass is 32.2. The van der Waals surface area contributed by atoms with Gasteiger partial charge in [0.1, 0.15) is 16.2 Å². The predicted molar refractivity (Wildman–Crippen MR) is 120 cm³/mol. The molecule has 0 bridgehead atoms. The second-order valence-corrected chi connectivity index (χ2v) is 8.54. The summed E-state index contributed by atoms with van der Waals surface area (Å²) in [6.45, 7) is 1.35. The second-order valence-electron chi connectivity index (χ2n) is 6.86. The number of hydrogen-bond donors (Lipinski definition) is 2. The minimum atomic E-state index is -0.847. The number of halogens is 1. The van der Waals surface area contributed by atoms with Gasteiger partial charge >= 0.3 is 0 Å². The average Bonchev–Trinajstić information content (AvgIpc) is 3.00. The van der Waals surface area contributed by atoms with Crippen LogP contribution in [0, 0.1) is 5.82 Å². The third-order valence-electron chi connectivity index (χ3n) is 4.63. The minimum Gasteiger partial charge on any atom is -0.394 e. The summed E-state index contributed by atoms with van der Waals surface area (Å²) in [5.74, 6) is -1.21. The number of carbonyl (C=O) groups is 2. The minimum absolute atomic E-state index is 0.231. The lowest BCUT2D eigenvalue weighted by atomic mass is 10.1. The fourth-order valence-corrected chi connectivity index (χ4v) is 4.48. The van der Waals surface area contributed by atoms with Gasteiger partial charge in [-0.3, -0.25) is 14.5 Å². The summed E-state index contributed by atoms with van der Waals surface area (Å²) < 4.78 is 13.7. The maximum Gasteiger partial charge on any atom is 0.266 e. The zero-order chi connectivity index (χ0) is 21.7. The molecule has 2 atom stereocenters. The van der Waals surface area contributed by atoms with Crippen LogP contribution in [-0.2, 0) is 16.0 Å². The summed E-state index contributed by atoms with van der Waals surface area (Å²) in [6.07, 6.45) is 2.02. The van der Waals surface area contributed by atoms with E-state index in [9.17, 15) is 19.1 Å². The molecule has 2 N–H and O–H groups in total. The fraction of sp³-hybridized carbons (Fsp3) is 0.227. The lowest BCUT2D eigenvalue weighted by Crippen LogP contribution is -2.51. The maximum atomic E-state index is 13.4. The number of nitrogens with zero attached hydrogens (tertiary/aromatic N) is 1. The number of carbonyl (C=O) groups excluding carboxylic acids is 2. The third kappa shape index (κ3) is 5.33. The van der Waals surface area contributed by atoms with Crippen molar-refractivity contribution in [3.63, 3.8) is 0 Å². The zero-order valence-electron chi connectivity index (χ0n) is 16.2. The smallest absolute Gasteiger partial charge is 0.266 e. The van der Waals surface area contributed by atoms with E-state index in [4.69, 9.17) is 12.2 Å². The number of amides is 2. The van der Waals surface area contributed by atoms with Gasteiger partial charge < -0.3 is 10.4 Å². The van der Waals surface area contributed by atoms with Crippen molar-refractivity contribution in [1.29, 1.82) is 0 Å². The standard InChI is InChI=1S/C22H21FN2O3S2/c1-14(20(27)24-18(13-26)11-15-6-3-2-4-7-15)25-21(28)19(30-22(25)29)12-16-8-5-9-17(23)10-16/h2-10,12,14,18,26H,11,13H2,1H3,(H,24,27)/b19-12-. The Balaban J connectivity index is 1.69. The molecule has 8 heteroatoms. The van der Waals surface area contributed by atoms with E-state index in [2.05, 4.69) is 5.32 Å². The van der Waals surface area contributed by atoms with Crippen molar-refractivity contribution in [2.45, 2.75) is 25.4 Å². The molecule has 0 radical (unpaired) electrons. The molecule has 2 aromatic rings. The Kier molecular flexibility index (Phi) is 7.36. The van der Waals surface area contributed by atoms with Crippen molar-refractivity contribution < 1.29 is 19.1 Å². The van der Waals surface area contributed by atoms with Gasteiger partial charge in [-0.2, -0.15) is 0 Å². The summed E-state index contributed by atoms with van der Waals surface area (Å²) in [5, 5.41) is 12.4. The molecule has 156 valence electrons. The van der Waals surface area contributed by atoms with Gasteiger partial charge in [0.2, 0.25) is 5.91 Å². The molecular formula is C22H21FN2O3S2. The van der Waals surface area contributed by atoms with E-state index in [0.717, 1.165) is 17.3 Å². The average molecular weight is 445 g/mol. The van der Waals surface area contributed by atoms with Crippen molar-refractivity contribution >= 4 is 46.2 Å². The summed E-state index contributed by atoms with van der Waals surface area (Å²) in [7, 11) is 0. The molecule has 0 aliphatic carbocycles. The third-order valence-corrected chi connectivity index (χ3v) is 5.96. The number of aliphatic hydroxyl groups excluding tert-OH is 1. The molecule has 0 saturated carbocycles. The van der Waals surface area contributed by atoms with E-state index in [0.29, 0.717) is 16.9 Å². The summed E-state index contributed by atoms with van der Waals surface area (Å²) in [4.78, 5) is 27.1. The van der Waals surface area contributed by atoms with Crippen LogP contribution in [-0.4, -0.2) is 44.8 Å². The van der Waals surface area contributed by atoms with Crippen molar-refractivity contribution in [1.82, 2.24) is 10.2 Å². The Morgan fingerprint density at radius 2 is 2.00 bits per heavy atom. The first-order chi connectivity index (χ1) is 14.4. The van der Waals surface area contributed by atoms with Gasteiger partial charge in [-0.05, 0) is 42.7 Å². The predicted octanol–water partition coefficient (Wildman–Crippen LogP) is 3.14. The normalized spacial score (nSPS) is 17.3. The molecule has 2 aromatic carbocycles. The summed E-state index contributed by atoms with van der Waals surface area (Å²) in [5.41, 5.74) is 1.52. The second kappa shape index (κ2) is 9.97. The molecule has 2 amide bonds. The Labute approximate surface area is 184 Å². The van der Waals surface area contributed by atoms with E-state index in [1.807, 2.05) is 30.3 Å². The van der Waals surface area contributed by atoms with Crippen LogP contribution in [0.1, 0.15) is 18.1 Å². The van der Waals surface area contributed by atoms with Crippen LogP contribution in [0.15, 0.2) is 59.5 Å². The summed E-state index contributed by atoms with van der Waals surface area (Å²) in [6, 6.07) is 14.0. The first-order valence-electron chi connectivity index (χ1n) is 9.37. The van der Waals surface area contributed by atoms with Gasteiger partial charge in [-0.15, -0.1) is 0 Å². The Hall–Kier alpha value is -2.55. The van der Waals surface area contributed by atoms with Crippen molar-refractivity contribution in [3.8, 4) is 0 Å². The van der Waals surface area contributed by atoms with Gasteiger partial charge in [-0.25, -0.2) is 4.39 Å². The van der Waals surface area contributed by atoms with Gasteiger partial charge in [0.15, 0.2) is 0 Å². The molecule has 3 rings (SSSR count). The van der Waals surface area contributed by atoms with Gasteiger partial charge in [-0.1, -0.05) is 66.4 Å². The SMILES string of the molecule is CC(C(=O)NC(CO)Cc1ccccc1)N1C(=O)/C(=C/c2cccc(F)c2)SC1=S. The number of thiocarbonyl (C=S) groups is 1. The van der Waals surface area contributed by atoms with Crippen molar-refractivity contribution in [2.24, 2.45) is 0 Å². The fourth-order valence-electron chi connectivity index (χ4n) is 3.06. The van der Waals surface area contributed by atoms with Crippen LogP contribution < -0.4 is 5.32 Å². The lowest BCUT2D eigenvalue weighted by molar-refractivity contribution is -0.132.